The van der Waals surface area contributed by atoms with Crippen LogP contribution in [0.5, 0.6) is 5.75 Å². The van der Waals surface area contributed by atoms with E-state index in [-0.39, 0.29) is 65.8 Å². The molecule has 0 unspecified atom stereocenters. The van der Waals surface area contributed by atoms with E-state index in [1.165, 1.54) is 17.0 Å². The van der Waals surface area contributed by atoms with Crippen molar-refractivity contribution in [3.05, 3.63) is 35.4 Å². The number of allylic oxidation sites excluding steroid dienone is 2. The van der Waals surface area contributed by atoms with E-state index in [0.29, 0.717) is 16.9 Å². The highest BCUT2D eigenvalue weighted by Crippen LogP contribution is 2.65. The van der Waals surface area contributed by atoms with Crippen LogP contribution in [0.2, 0.25) is 5.02 Å². The third-order valence-electron chi connectivity index (χ3n) is 6.55. The highest BCUT2D eigenvalue weighted by atomic mass is 35.5. The third kappa shape index (κ3) is 2.50. The van der Waals surface area contributed by atoms with Gasteiger partial charge in [0.2, 0.25) is 17.7 Å². The van der Waals surface area contributed by atoms with Crippen molar-refractivity contribution in [1.82, 2.24) is 4.90 Å². The molecule has 1 saturated heterocycles. The van der Waals surface area contributed by atoms with E-state index in [1.54, 1.807) is 6.07 Å². The molecule has 2 saturated carbocycles. The Bertz CT molecular complexity index is 862. The van der Waals surface area contributed by atoms with Crippen LogP contribution in [0.3, 0.4) is 0 Å². The van der Waals surface area contributed by atoms with Gasteiger partial charge < -0.3 is 10.4 Å². The van der Waals surface area contributed by atoms with E-state index in [9.17, 15) is 19.5 Å². The Kier molecular flexibility index (Phi) is 3.63. The second-order valence-corrected chi connectivity index (χ2v) is 8.38. The van der Waals surface area contributed by atoms with Gasteiger partial charge in [-0.1, -0.05) is 23.8 Å². The summed E-state index contributed by atoms with van der Waals surface area (Å²) in [7, 11) is 0. The van der Waals surface area contributed by atoms with Crippen LogP contribution in [-0.2, 0) is 14.4 Å². The lowest BCUT2D eigenvalue weighted by molar-refractivity contribution is -0.140. The summed E-state index contributed by atoms with van der Waals surface area (Å²) < 4.78 is 0. The van der Waals surface area contributed by atoms with Crippen LogP contribution in [0, 0.1) is 35.5 Å². The molecule has 140 valence electrons. The summed E-state index contributed by atoms with van der Waals surface area (Å²) in [5.41, 5.74) is 0.250. The number of likely N-dealkylation sites (tertiary alicyclic amines) is 1. The molecule has 2 N–H and O–H groups in total. The number of nitrogens with zero attached hydrogens (tertiary/aromatic N) is 1. The molecule has 3 amide bonds. The van der Waals surface area contributed by atoms with Crippen molar-refractivity contribution in [2.75, 3.05) is 11.9 Å². The van der Waals surface area contributed by atoms with Crippen molar-refractivity contribution < 1.29 is 19.5 Å². The predicted octanol–water partition coefficient (Wildman–Crippen LogP) is 2.43. The van der Waals surface area contributed by atoms with E-state index in [1.807, 2.05) is 0 Å². The quantitative estimate of drug-likeness (QED) is 0.472. The topological polar surface area (TPSA) is 86.7 Å². The van der Waals surface area contributed by atoms with Crippen molar-refractivity contribution in [3.8, 4) is 5.75 Å². The third-order valence-corrected chi connectivity index (χ3v) is 6.79. The number of rotatable bonds is 4. The molecule has 4 aliphatic carbocycles. The summed E-state index contributed by atoms with van der Waals surface area (Å²) in [6.45, 7) is 0.0691. The SMILES string of the molecule is O=C(CCN1C(=O)[C@@H]2[C@H]3C=C[C@@H]([C@@H]4C[C@@H]34)[C@@H]2C1=O)Nc1ccc(Cl)cc1O. The molecule has 1 aliphatic heterocycles. The highest BCUT2D eigenvalue weighted by Gasteiger charge is 2.66. The Morgan fingerprint density at radius 2 is 1.78 bits per heavy atom. The molecular formula is C20H19ClN2O4. The van der Waals surface area contributed by atoms with Crippen molar-refractivity contribution in [2.24, 2.45) is 35.5 Å². The van der Waals surface area contributed by atoms with Crippen LogP contribution >= 0.6 is 11.6 Å². The number of hydrogen-bond donors (Lipinski definition) is 2. The van der Waals surface area contributed by atoms with Crippen molar-refractivity contribution in [2.45, 2.75) is 12.8 Å². The number of hydrogen-bond acceptors (Lipinski definition) is 4. The Morgan fingerprint density at radius 3 is 2.37 bits per heavy atom. The lowest BCUT2D eigenvalue weighted by atomic mass is 9.63. The molecule has 1 aromatic carbocycles. The average molecular weight is 387 g/mol. The van der Waals surface area contributed by atoms with Crippen LogP contribution in [0.15, 0.2) is 30.4 Å². The molecule has 3 fully saturated rings. The maximum atomic E-state index is 12.9. The molecule has 6 rings (SSSR count). The zero-order valence-corrected chi connectivity index (χ0v) is 15.2. The van der Waals surface area contributed by atoms with Gasteiger partial charge in [-0.25, -0.2) is 0 Å². The number of phenols is 1. The van der Waals surface area contributed by atoms with Crippen LogP contribution in [-0.4, -0.2) is 34.3 Å². The molecular weight excluding hydrogens is 368 g/mol. The standard InChI is InChI=1S/C20H19ClN2O4/c21-9-1-4-14(15(24)7-9)22-16(25)5-6-23-19(26)17-10-2-3-11(13-8-12(10)13)18(17)20(23)27/h1-4,7,10-13,17-18,24H,5-6,8H2,(H,22,25)/t10-,11-,12-,13-,17-,18+/m0/s1. The van der Waals surface area contributed by atoms with E-state index < -0.39 is 0 Å². The van der Waals surface area contributed by atoms with Crippen LogP contribution in [0.4, 0.5) is 5.69 Å². The molecule has 0 aromatic heterocycles. The molecule has 2 bridgehead atoms. The number of imide groups is 1. The molecule has 1 heterocycles. The number of carbonyl (C=O) groups is 3. The largest absolute Gasteiger partial charge is 0.506 e. The summed E-state index contributed by atoms with van der Waals surface area (Å²) in [6, 6.07) is 4.40. The number of benzene rings is 1. The Balaban J connectivity index is 1.25. The van der Waals surface area contributed by atoms with Gasteiger partial charge in [-0.3, -0.25) is 19.3 Å². The molecule has 0 radical (unpaired) electrons. The number of amides is 3. The molecule has 6 atom stereocenters. The summed E-state index contributed by atoms with van der Waals surface area (Å²) in [5.74, 6) is 0.276. The minimum Gasteiger partial charge on any atom is -0.506 e. The van der Waals surface area contributed by atoms with Crippen molar-refractivity contribution in [1.29, 1.82) is 0 Å². The fourth-order valence-electron chi connectivity index (χ4n) is 5.28. The molecule has 6 nitrogen and oxygen atoms in total. The Hall–Kier alpha value is -2.34. The number of nitrogens with one attached hydrogen (secondary N) is 1. The van der Waals surface area contributed by atoms with Gasteiger partial charge in [0.15, 0.2) is 0 Å². The fraction of sp³-hybridized carbons (Fsp3) is 0.450. The van der Waals surface area contributed by atoms with Crippen LogP contribution in [0.1, 0.15) is 12.8 Å². The van der Waals surface area contributed by atoms with E-state index >= 15 is 0 Å². The molecule has 5 aliphatic rings. The van der Waals surface area contributed by atoms with Gasteiger partial charge in [0.05, 0.1) is 17.5 Å². The Labute approximate surface area is 161 Å². The normalized spacial score (nSPS) is 35.2. The number of carbonyl (C=O) groups excluding carboxylic acids is 3. The first-order valence-corrected chi connectivity index (χ1v) is 9.65. The first kappa shape index (κ1) is 16.8. The number of anilines is 1. The van der Waals surface area contributed by atoms with E-state index in [2.05, 4.69) is 17.5 Å². The summed E-state index contributed by atoms with van der Waals surface area (Å²) in [6.07, 6.45) is 5.38. The lowest BCUT2D eigenvalue weighted by Crippen LogP contribution is -2.40. The van der Waals surface area contributed by atoms with Gasteiger partial charge in [-0.2, -0.15) is 0 Å². The van der Waals surface area contributed by atoms with Gasteiger partial charge >= 0.3 is 0 Å². The average Bonchev–Trinajstić information content (AvgIpc) is 3.41. The van der Waals surface area contributed by atoms with Crippen LogP contribution in [0.25, 0.3) is 0 Å². The summed E-state index contributed by atoms with van der Waals surface area (Å²) in [4.78, 5) is 39.2. The molecule has 7 heteroatoms. The zero-order chi connectivity index (χ0) is 18.9. The maximum Gasteiger partial charge on any atom is 0.233 e. The maximum absolute atomic E-state index is 12.9. The second-order valence-electron chi connectivity index (χ2n) is 7.94. The fourth-order valence-corrected chi connectivity index (χ4v) is 5.44. The van der Waals surface area contributed by atoms with E-state index in [0.717, 1.165) is 6.42 Å². The predicted molar refractivity (Wildman–Crippen MR) is 97.8 cm³/mol. The van der Waals surface area contributed by atoms with E-state index in [4.69, 9.17) is 11.6 Å². The second kappa shape index (κ2) is 5.83. The molecule has 0 spiro atoms. The van der Waals surface area contributed by atoms with Gasteiger partial charge in [0, 0.05) is 24.1 Å². The minimum absolute atomic E-state index is 0.00535. The van der Waals surface area contributed by atoms with Crippen molar-refractivity contribution >= 4 is 35.0 Å². The van der Waals surface area contributed by atoms with Gasteiger partial charge in [-0.15, -0.1) is 0 Å². The zero-order valence-electron chi connectivity index (χ0n) is 14.5. The first-order valence-electron chi connectivity index (χ1n) is 9.27. The lowest BCUT2D eigenvalue weighted by Gasteiger charge is -2.37. The molecule has 1 aromatic rings. The highest BCUT2D eigenvalue weighted by molar-refractivity contribution is 6.30. The van der Waals surface area contributed by atoms with Crippen molar-refractivity contribution in [3.63, 3.8) is 0 Å². The van der Waals surface area contributed by atoms with Gasteiger partial charge in [0.1, 0.15) is 5.75 Å². The number of phenolic OH excluding ortho intramolecular Hbond substituents is 1. The monoisotopic (exact) mass is 386 g/mol. The molecule has 27 heavy (non-hydrogen) atoms. The first-order chi connectivity index (χ1) is 13.0. The smallest absolute Gasteiger partial charge is 0.233 e. The Morgan fingerprint density at radius 1 is 1.15 bits per heavy atom. The van der Waals surface area contributed by atoms with Gasteiger partial charge in [0.25, 0.3) is 0 Å². The summed E-state index contributed by atoms with van der Waals surface area (Å²) in [5, 5.41) is 12.8. The summed E-state index contributed by atoms with van der Waals surface area (Å²) >= 11 is 5.78. The number of aromatic hydroxyl groups is 1. The van der Waals surface area contributed by atoms with Gasteiger partial charge in [-0.05, 0) is 42.2 Å². The van der Waals surface area contributed by atoms with Crippen LogP contribution < -0.4 is 5.32 Å². The minimum atomic E-state index is -0.368. The number of halogens is 1.